The van der Waals surface area contributed by atoms with Gasteiger partial charge in [0.2, 0.25) is 0 Å². The lowest BCUT2D eigenvalue weighted by Gasteiger charge is -2.21. The Morgan fingerprint density at radius 3 is 2.83 bits per heavy atom. The molecule has 1 aliphatic heterocycles. The number of halogens is 1. The minimum absolute atomic E-state index is 0.194. The van der Waals surface area contributed by atoms with Gasteiger partial charge in [-0.1, -0.05) is 23.7 Å². The highest BCUT2D eigenvalue weighted by Gasteiger charge is 2.14. The smallest absolute Gasteiger partial charge is 0.138 e. The van der Waals surface area contributed by atoms with E-state index >= 15 is 0 Å². The summed E-state index contributed by atoms with van der Waals surface area (Å²) in [6.07, 6.45) is 2.64. The van der Waals surface area contributed by atoms with Crippen LogP contribution in [0.2, 0.25) is 5.02 Å². The van der Waals surface area contributed by atoms with Gasteiger partial charge in [-0.2, -0.15) is 0 Å². The van der Waals surface area contributed by atoms with Gasteiger partial charge < -0.3 is 15.3 Å². The number of phenols is 1. The number of hydrogen-bond donors (Lipinski definition) is 2. The molecule has 1 atom stereocenters. The Balaban J connectivity index is 1.81. The molecule has 0 aliphatic carbocycles. The van der Waals surface area contributed by atoms with Crippen LogP contribution in [0.5, 0.6) is 5.75 Å². The monoisotopic (exact) mass is 268 g/mol. The number of para-hydroxylation sites is 1. The Bertz CT molecular complexity index is 391. The summed E-state index contributed by atoms with van der Waals surface area (Å²) in [6, 6.07) is 5.89. The summed E-state index contributed by atoms with van der Waals surface area (Å²) in [6.45, 7) is 6.34. The van der Waals surface area contributed by atoms with Crippen molar-refractivity contribution < 1.29 is 5.11 Å². The summed E-state index contributed by atoms with van der Waals surface area (Å²) in [7, 11) is 0. The number of aromatic hydroxyl groups is 1. The topological polar surface area (TPSA) is 35.5 Å². The molecule has 1 aromatic carbocycles. The number of hydrogen-bond acceptors (Lipinski definition) is 3. The van der Waals surface area contributed by atoms with E-state index < -0.39 is 0 Å². The highest BCUT2D eigenvalue weighted by atomic mass is 35.5. The fourth-order valence-electron chi connectivity index (χ4n) is 2.40. The van der Waals surface area contributed by atoms with Crippen LogP contribution in [0, 0.1) is 0 Å². The second kappa shape index (κ2) is 6.41. The zero-order valence-electron chi connectivity index (χ0n) is 10.8. The van der Waals surface area contributed by atoms with E-state index in [9.17, 15) is 5.11 Å². The molecule has 0 amide bonds. The van der Waals surface area contributed by atoms with Crippen LogP contribution >= 0.6 is 11.6 Å². The van der Waals surface area contributed by atoms with Gasteiger partial charge >= 0.3 is 0 Å². The third-order valence-corrected chi connectivity index (χ3v) is 3.75. The summed E-state index contributed by atoms with van der Waals surface area (Å²) in [5.41, 5.74) is 0.857. The molecular weight excluding hydrogens is 248 g/mol. The van der Waals surface area contributed by atoms with E-state index in [2.05, 4.69) is 17.1 Å². The average Bonchev–Trinajstić information content (AvgIpc) is 2.84. The van der Waals surface area contributed by atoms with Crippen LogP contribution in [0.1, 0.15) is 25.3 Å². The van der Waals surface area contributed by atoms with Crippen LogP contribution in [0.3, 0.4) is 0 Å². The second-order valence-corrected chi connectivity index (χ2v) is 5.44. The van der Waals surface area contributed by atoms with Crippen molar-refractivity contribution in [2.75, 3.05) is 19.6 Å². The molecule has 0 bridgehead atoms. The van der Waals surface area contributed by atoms with Crippen LogP contribution in [0.4, 0.5) is 0 Å². The fourth-order valence-corrected chi connectivity index (χ4v) is 2.60. The quantitative estimate of drug-likeness (QED) is 0.862. The molecule has 100 valence electrons. The Kier molecular flexibility index (Phi) is 4.87. The number of phenolic OH excluding ortho intramolecular Hbond substituents is 1. The first-order valence-corrected chi connectivity index (χ1v) is 6.96. The van der Waals surface area contributed by atoms with Gasteiger partial charge in [0.25, 0.3) is 0 Å². The molecule has 18 heavy (non-hydrogen) atoms. The Hall–Kier alpha value is -0.770. The van der Waals surface area contributed by atoms with Crippen LogP contribution in [0.25, 0.3) is 0 Å². The fraction of sp³-hybridized carbons (Fsp3) is 0.571. The van der Waals surface area contributed by atoms with Crippen molar-refractivity contribution in [3.63, 3.8) is 0 Å². The Morgan fingerprint density at radius 1 is 1.39 bits per heavy atom. The molecule has 1 fully saturated rings. The Morgan fingerprint density at radius 2 is 2.11 bits per heavy atom. The van der Waals surface area contributed by atoms with Gasteiger partial charge in [-0.3, -0.25) is 0 Å². The minimum atomic E-state index is 0.194. The molecular formula is C14H21ClN2O. The van der Waals surface area contributed by atoms with Gasteiger partial charge in [0, 0.05) is 24.7 Å². The van der Waals surface area contributed by atoms with Crippen LogP contribution in [-0.4, -0.2) is 35.7 Å². The highest BCUT2D eigenvalue weighted by Crippen LogP contribution is 2.26. The zero-order chi connectivity index (χ0) is 13.0. The molecule has 1 heterocycles. The van der Waals surface area contributed by atoms with Crippen LogP contribution in [-0.2, 0) is 6.54 Å². The normalized spacial score (nSPS) is 18.1. The molecule has 0 spiro atoms. The SMILES string of the molecule is CC(CN1CCCC1)NCc1cccc(Cl)c1O. The van der Waals surface area contributed by atoms with Gasteiger partial charge in [0.1, 0.15) is 5.75 Å². The summed E-state index contributed by atoms with van der Waals surface area (Å²) >= 11 is 5.88. The van der Waals surface area contributed by atoms with Gasteiger partial charge in [0.15, 0.2) is 0 Å². The third-order valence-electron chi connectivity index (χ3n) is 3.44. The molecule has 1 aromatic rings. The van der Waals surface area contributed by atoms with Crippen molar-refractivity contribution in [1.82, 2.24) is 10.2 Å². The van der Waals surface area contributed by atoms with Crippen molar-refractivity contribution in [2.24, 2.45) is 0 Å². The summed E-state index contributed by atoms with van der Waals surface area (Å²) in [5, 5.41) is 13.7. The molecule has 2 N–H and O–H groups in total. The first-order valence-electron chi connectivity index (χ1n) is 6.59. The molecule has 3 nitrogen and oxygen atoms in total. The largest absolute Gasteiger partial charge is 0.506 e. The van der Waals surface area contributed by atoms with Crippen molar-refractivity contribution in [3.05, 3.63) is 28.8 Å². The van der Waals surface area contributed by atoms with Gasteiger partial charge in [-0.05, 0) is 38.9 Å². The van der Waals surface area contributed by atoms with Crippen molar-refractivity contribution in [2.45, 2.75) is 32.4 Å². The predicted octanol–water partition coefficient (Wildman–Crippen LogP) is 2.62. The number of nitrogens with zero attached hydrogens (tertiary/aromatic N) is 1. The van der Waals surface area contributed by atoms with Crippen molar-refractivity contribution in [3.8, 4) is 5.75 Å². The summed E-state index contributed by atoms with van der Waals surface area (Å²) in [4.78, 5) is 2.48. The predicted molar refractivity (Wildman–Crippen MR) is 75.1 cm³/mol. The maximum Gasteiger partial charge on any atom is 0.138 e. The van der Waals surface area contributed by atoms with Crippen molar-refractivity contribution in [1.29, 1.82) is 0 Å². The standard InChI is InChI=1S/C14H21ClN2O/c1-11(10-17-7-2-3-8-17)16-9-12-5-4-6-13(15)14(12)18/h4-6,11,16,18H,2-3,7-10H2,1H3. The van der Waals surface area contributed by atoms with E-state index in [0.717, 1.165) is 12.1 Å². The number of rotatable bonds is 5. The lowest BCUT2D eigenvalue weighted by Crippen LogP contribution is -2.37. The van der Waals surface area contributed by atoms with Crippen LogP contribution in [0.15, 0.2) is 18.2 Å². The van der Waals surface area contributed by atoms with E-state index in [4.69, 9.17) is 11.6 Å². The van der Waals surface area contributed by atoms with Crippen LogP contribution < -0.4 is 5.32 Å². The van der Waals surface area contributed by atoms with E-state index in [1.807, 2.05) is 12.1 Å². The zero-order valence-corrected chi connectivity index (χ0v) is 11.6. The number of nitrogens with one attached hydrogen (secondary N) is 1. The van der Waals surface area contributed by atoms with E-state index in [1.165, 1.54) is 25.9 Å². The maximum atomic E-state index is 9.81. The molecule has 0 saturated carbocycles. The van der Waals surface area contributed by atoms with E-state index in [-0.39, 0.29) is 5.75 Å². The lowest BCUT2D eigenvalue weighted by molar-refractivity contribution is 0.297. The minimum Gasteiger partial charge on any atom is -0.506 e. The third kappa shape index (κ3) is 3.61. The van der Waals surface area contributed by atoms with Crippen molar-refractivity contribution >= 4 is 11.6 Å². The first kappa shape index (κ1) is 13.7. The molecule has 0 aromatic heterocycles. The molecule has 2 rings (SSSR count). The molecule has 1 unspecified atom stereocenters. The van der Waals surface area contributed by atoms with Gasteiger partial charge in [-0.15, -0.1) is 0 Å². The van der Waals surface area contributed by atoms with E-state index in [0.29, 0.717) is 17.6 Å². The second-order valence-electron chi connectivity index (χ2n) is 5.04. The first-order chi connectivity index (χ1) is 8.66. The summed E-state index contributed by atoms with van der Waals surface area (Å²) in [5.74, 6) is 0.194. The average molecular weight is 269 g/mol. The van der Waals surface area contributed by atoms with Gasteiger partial charge in [-0.25, -0.2) is 0 Å². The lowest BCUT2D eigenvalue weighted by atomic mass is 10.2. The maximum absolute atomic E-state index is 9.81. The molecule has 1 saturated heterocycles. The highest BCUT2D eigenvalue weighted by molar-refractivity contribution is 6.32. The number of benzene rings is 1. The van der Waals surface area contributed by atoms with Gasteiger partial charge in [0.05, 0.1) is 5.02 Å². The Labute approximate surface area is 114 Å². The molecule has 4 heteroatoms. The molecule has 0 radical (unpaired) electrons. The summed E-state index contributed by atoms with van der Waals surface area (Å²) < 4.78 is 0. The molecule has 1 aliphatic rings. The van der Waals surface area contributed by atoms with E-state index in [1.54, 1.807) is 6.07 Å². The number of likely N-dealkylation sites (tertiary alicyclic amines) is 1.